The van der Waals surface area contributed by atoms with Gasteiger partial charge >= 0.3 is 6.09 Å². The molecule has 2 aromatic rings. The second-order valence-electron chi connectivity index (χ2n) is 8.66. The highest BCUT2D eigenvalue weighted by Crippen LogP contribution is 2.37. The molecular formula is C24H33N3O2. The number of aromatic nitrogens is 1. The fraction of sp³-hybridized carbons (Fsp3) is 0.500. The molecule has 2 heterocycles. The van der Waals surface area contributed by atoms with E-state index in [4.69, 9.17) is 4.74 Å². The van der Waals surface area contributed by atoms with Crippen LogP contribution in [0, 0.1) is 0 Å². The SMILES string of the molecule is CCCN(C(=O)OC(C)(C)C)c1ncccc1[C@@H]1CCCN1Cc1ccccc1. The minimum atomic E-state index is -0.537. The second-order valence-corrected chi connectivity index (χ2v) is 8.66. The maximum absolute atomic E-state index is 12.9. The Morgan fingerprint density at radius 2 is 1.97 bits per heavy atom. The molecule has 0 saturated carbocycles. The lowest BCUT2D eigenvalue weighted by molar-refractivity contribution is 0.0578. The average molecular weight is 396 g/mol. The Morgan fingerprint density at radius 1 is 1.21 bits per heavy atom. The summed E-state index contributed by atoms with van der Waals surface area (Å²) in [5, 5.41) is 0. The predicted octanol–water partition coefficient (Wildman–Crippen LogP) is 5.57. The first-order valence-electron chi connectivity index (χ1n) is 10.6. The van der Waals surface area contributed by atoms with Gasteiger partial charge in [-0.3, -0.25) is 9.80 Å². The van der Waals surface area contributed by atoms with Crippen LogP contribution in [0.25, 0.3) is 0 Å². The lowest BCUT2D eigenvalue weighted by atomic mass is 10.0. The number of anilines is 1. The highest BCUT2D eigenvalue weighted by atomic mass is 16.6. The Kier molecular flexibility index (Phi) is 6.91. The summed E-state index contributed by atoms with van der Waals surface area (Å²) in [5.41, 5.74) is 1.88. The zero-order valence-corrected chi connectivity index (χ0v) is 18.1. The Balaban J connectivity index is 1.89. The van der Waals surface area contributed by atoms with E-state index in [1.807, 2.05) is 32.9 Å². The Bertz CT molecular complexity index is 801. The third-order valence-corrected chi connectivity index (χ3v) is 5.08. The highest BCUT2D eigenvalue weighted by Gasteiger charge is 2.32. The summed E-state index contributed by atoms with van der Waals surface area (Å²) >= 11 is 0. The summed E-state index contributed by atoms with van der Waals surface area (Å²) in [6, 6.07) is 14.9. The molecule has 0 N–H and O–H groups in total. The molecule has 156 valence electrons. The summed E-state index contributed by atoms with van der Waals surface area (Å²) in [6.45, 7) is 10.3. The van der Waals surface area contributed by atoms with E-state index in [9.17, 15) is 4.79 Å². The molecule has 1 atom stereocenters. The van der Waals surface area contributed by atoms with Crippen molar-refractivity contribution in [2.24, 2.45) is 0 Å². The number of pyridine rings is 1. The first-order valence-corrected chi connectivity index (χ1v) is 10.6. The van der Waals surface area contributed by atoms with E-state index >= 15 is 0 Å². The molecule has 0 radical (unpaired) electrons. The molecule has 1 aromatic heterocycles. The molecule has 1 saturated heterocycles. The molecule has 1 aromatic carbocycles. The lowest BCUT2D eigenvalue weighted by Crippen LogP contribution is -2.39. The van der Waals surface area contributed by atoms with Gasteiger partial charge in [-0.05, 0) is 58.2 Å². The van der Waals surface area contributed by atoms with Gasteiger partial charge in [-0.1, -0.05) is 43.3 Å². The number of hydrogen-bond donors (Lipinski definition) is 0. The van der Waals surface area contributed by atoms with Crippen LogP contribution >= 0.6 is 0 Å². The summed E-state index contributed by atoms with van der Waals surface area (Å²) in [7, 11) is 0. The second kappa shape index (κ2) is 9.40. The van der Waals surface area contributed by atoms with Gasteiger partial charge in [-0.2, -0.15) is 0 Å². The van der Waals surface area contributed by atoms with Gasteiger partial charge in [0, 0.05) is 30.9 Å². The fourth-order valence-corrected chi connectivity index (χ4v) is 3.90. The largest absolute Gasteiger partial charge is 0.443 e. The quantitative estimate of drug-likeness (QED) is 0.641. The van der Waals surface area contributed by atoms with Crippen molar-refractivity contribution in [3.05, 3.63) is 59.8 Å². The van der Waals surface area contributed by atoms with E-state index in [0.717, 1.165) is 43.7 Å². The van der Waals surface area contributed by atoms with Gasteiger partial charge in [0.25, 0.3) is 0 Å². The van der Waals surface area contributed by atoms with E-state index in [2.05, 4.69) is 47.1 Å². The van der Waals surface area contributed by atoms with E-state index in [-0.39, 0.29) is 12.1 Å². The first-order chi connectivity index (χ1) is 13.9. The fourth-order valence-electron chi connectivity index (χ4n) is 3.90. The molecular weight excluding hydrogens is 362 g/mol. The van der Waals surface area contributed by atoms with E-state index in [0.29, 0.717) is 6.54 Å². The number of likely N-dealkylation sites (tertiary alicyclic amines) is 1. The van der Waals surface area contributed by atoms with Gasteiger partial charge in [0.05, 0.1) is 0 Å². The molecule has 5 heteroatoms. The van der Waals surface area contributed by atoms with Crippen molar-refractivity contribution in [3.8, 4) is 0 Å². The Morgan fingerprint density at radius 3 is 2.66 bits per heavy atom. The van der Waals surface area contributed by atoms with Crippen LogP contribution in [0.3, 0.4) is 0 Å². The number of amides is 1. The molecule has 29 heavy (non-hydrogen) atoms. The molecule has 1 amide bonds. The number of carbonyl (C=O) groups excluding carboxylic acids is 1. The maximum atomic E-state index is 12.9. The first kappa shape index (κ1) is 21.3. The van der Waals surface area contributed by atoms with Crippen LogP contribution < -0.4 is 4.90 Å². The average Bonchev–Trinajstić information content (AvgIpc) is 3.13. The van der Waals surface area contributed by atoms with Crippen LogP contribution in [0.2, 0.25) is 0 Å². The van der Waals surface area contributed by atoms with Gasteiger partial charge in [-0.25, -0.2) is 9.78 Å². The van der Waals surface area contributed by atoms with Crippen molar-refractivity contribution in [2.45, 2.75) is 65.1 Å². The van der Waals surface area contributed by atoms with E-state index < -0.39 is 5.60 Å². The van der Waals surface area contributed by atoms with Gasteiger partial charge in [0.2, 0.25) is 0 Å². The molecule has 0 unspecified atom stereocenters. The van der Waals surface area contributed by atoms with Crippen LogP contribution in [0.1, 0.15) is 64.1 Å². The maximum Gasteiger partial charge on any atom is 0.416 e. The van der Waals surface area contributed by atoms with Crippen LogP contribution in [-0.4, -0.2) is 34.7 Å². The van der Waals surface area contributed by atoms with E-state index in [1.54, 1.807) is 11.1 Å². The van der Waals surface area contributed by atoms with Crippen LogP contribution in [0.5, 0.6) is 0 Å². The molecule has 0 spiro atoms. The molecule has 5 nitrogen and oxygen atoms in total. The summed E-state index contributed by atoms with van der Waals surface area (Å²) in [5.74, 6) is 0.730. The highest BCUT2D eigenvalue weighted by molar-refractivity contribution is 5.87. The summed E-state index contributed by atoms with van der Waals surface area (Å²) in [4.78, 5) is 21.8. The predicted molar refractivity (Wildman–Crippen MR) is 117 cm³/mol. The Hall–Kier alpha value is -2.40. The number of carbonyl (C=O) groups is 1. The summed E-state index contributed by atoms with van der Waals surface area (Å²) in [6.07, 6.45) is 4.49. The molecule has 1 aliphatic rings. The van der Waals surface area contributed by atoms with Gasteiger partial charge in [0.1, 0.15) is 11.4 Å². The van der Waals surface area contributed by atoms with Crippen molar-refractivity contribution < 1.29 is 9.53 Å². The lowest BCUT2D eigenvalue weighted by Gasteiger charge is -2.31. The minimum absolute atomic E-state index is 0.251. The molecule has 1 fully saturated rings. The number of ether oxygens (including phenoxy) is 1. The third kappa shape index (κ3) is 5.57. The van der Waals surface area contributed by atoms with Crippen LogP contribution in [-0.2, 0) is 11.3 Å². The zero-order valence-electron chi connectivity index (χ0n) is 18.1. The van der Waals surface area contributed by atoms with E-state index in [1.165, 1.54) is 5.56 Å². The van der Waals surface area contributed by atoms with Crippen molar-refractivity contribution >= 4 is 11.9 Å². The van der Waals surface area contributed by atoms with Gasteiger partial charge in [0.15, 0.2) is 0 Å². The summed E-state index contributed by atoms with van der Waals surface area (Å²) < 4.78 is 5.68. The zero-order chi connectivity index (χ0) is 20.9. The van der Waals surface area contributed by atoms with Crippen LogP contribution in [0.4, 0.5) is 10.6 Å². The molecule has 1 aliphatic heterocycles. The topological polar surface area (TPSA) is 45.7 Å². The van der Waals surface area contributed by atoms with Crippen molar-refractivity contribution in [2.75, 3.05) is 18.0 Å². The molecule has 0 bridgehead atoms. The Labute approximate surface area is 174 Å². The molecule has 0 aliphatic carbocycles. The smallest absolute Gasteiger partial charge is 0.416 e. The van der Waals surface area contributed by atoms with Crippen LogP contribution in [0.15, 0.2) is 48.7 Å². The van der Waals surface area contributed by atoms with Crippen molar-refractivity contribution in [1.29, 1.82) is 0 Å². The standard InChI is InChI=1S/C24H33N3O2/c1-5-16-27(23(28)29-24(2,3)4)22-20(13-9-15-25-22)21-14-10-17-26(21)18-19-11-7-6-8-12-19/h6-9,11-13,15,21H,5,10,14,16-18H2,1-4H3/t21-/m0/s1. The van der Waals surface area contributed by atoms with Gasteiger partial charge < -0.3 is 4.74 Å². The minimum Gasteiger partial charge on any atom is -0.443 e. The number of hydrogen-bond acceptors (Lipinski definition) is 4. The van der Waals surface area contributed by atoms with Gasteiger partial charge in [-0.15, -0.1) is 0 Å². The molecule has 3 rings (SSSR count). The van der Waals surface area contributed by atoms with Crippen molar-refractivity contribution in [3.63, 3.8) is 0 Å². The normalized spacial score (nSPS) is 17.3. The number of rotatable bonds is 6. The monoisotopic (exact) mass is 395 g/mol. The number of benzene rings is 1. The number of nitrogens with zero attached hydrogens (tertiary/aromatic N) is 3. The third-order valence-electron chi connectivity index (χ3n) is 5.08. The van der Waals surface area contributed by atoms with Crippen molar-refractivity contribution in [1.82, 2.24) is 9.88 Å².